The van der Waals surface area contributed by atoms with Gasteiger partial charge in [0.25, 0.3) is 5.82 Å². The summed E-state index contributed by atoms with van der Waals surface area (Å²) in [4.78, 5) is 21.9. The number of nitrogens with zero attached hydrogens (tertiary/aromatic N) is 3. The number of aromatic nitrogens is 3. The number of nitrogen functional groups attached to an aromatic ring is 1. The van der Waals surface area contributed by atoms with Crippen molar-refractivity contribution in [2.75, 3.05) is 5.73 Å². The summed E-state index contributed by atoms with van der Waals surface area (Å²) >= 11 is 0. The number of benzene rings is 1. The van der Waals surface area contributed by atoms with Gasteiger partial charge in [-0.3, -0.25) is 5.73 Å². The van der Waals surface area contributed by atoms with Gasteiger partial charge in [0.1, 0.15) is 12.2 Å². The molecule has 0 aliphatic carbocycles. The second-order valence-electron chi connectivity index (χ2n) is 7.16. The second kappa shape index (κ2) is 11.7. The van der Waals surface area contributed by atoms with E-state index >= 15 is 0 Å². The number of hydrogen-bond acceptors (Lipinski definition) is 7. The molecule has 0 amide bonds. The molecule has 0 bridgehead atoms. The molecule has 10 nitrogen and oxygen atoms in total. The van der Waals surface area contributed by atoms with E-state index in [1.54, 1.807) is 30.6 Å². The van der Waals surface area contributed by atoms with Crippen LogP contribution < -0.4 is 44.6 Å². The summed E-state index contributed by atoms with van der Waals surface area (Å²) in [5.74, 6) is 1.24. The number of anilines is 1. The van der Waals surface area contributed by atoms with Crippen molar-refractivity contribution in [1.82, 2.24) is 10.1 Å². The normalized spacial score (nSPS) is 11.1. The average molecular weight is 492 g/mol. The smallest absolute Gasteiger partial charge is 0.473 e. The number of rotatable bonds is 9. The van der Waals surface area contributed by atoms with Crippen molar-refractivity contribution in [1.29, 1.82) is 0 Å². The fraction of sp³-hybridized carbons (Fsp3) is 0.136. The first-order chi connectivity index (χ1) is 15.9. The Balaban J connectivity index is 0.00000324. The molecule has 0 spiro atoms. The van der Waals surface area contributed by atoms with Gasteiger partial charge in [-0.15, -0.1) is 0 Å². The van der Waals surface area contributed by atoms with Crippen LogP contribution in [0, 0.1) is 0 Å². The topological polar surface area (TPSA) is 145 Å². The number of ether oxygens (including phenoxy) is 1. The van der Waals surface area contributed by atoms with Crippen molar-refractivity contribution >= 4 is 13.6 Å². The van der Waals surface area contributed by atoms with E-state index in [1.165, 1.54) is 4.57 Å². The van der Waals surface area contributed by atoms with E-state index in [0.29, 0.717) is 35.9 Å². The number of phosphoric ester groups is 1. The van der Waals surface area contributed by atoms with Crippen LogP contribution in [-0.4, -0.2) is 19.9 Å². The Bertz CT molecular complexity index is 1260. The Kier molecular flexibility index (Phi) is 8.98. The first-order valence-electron chi connectivity index (χ1n) is 9.93. The molecule has 3 heterocycles. The monoisotopic (exact) mass is 492 g/mol. The molecule has 0 saturated heterocycles. The van der Waals surface area contributed by atoms with Crippen LogP contribution in [0.2, 0.25) is 0 Å². The van der Waals surface area contributed by atoms with Crippen molar-refractivity contribution in [3.63, 3.8) is 0 Å². The Hall–Kier alpha value is -2.56. The van der Waals surface area contributed by atoms with E-state index in [0.717, 1.165) is 11.1 Å². The van der Waals surface area contributed by atoms with Crippen molar-refractivity contribution in [2.45, 2.75) is 19.8 Å². The van der Waals surface area contributed by atoms with Crippen LogP contribution >= 0.6 is 7.82 Å². The molecule has 34 heavy (non-hydrogen) atoms. The third-order valence-electron chi connectivity index (χ3n) is 4.74. The van der Waals surface area contributed by atoms with Crippen LogP contribution in [0.4, 0.5) is 5.82 Å². The molecule has 0 saturated carbocycles. The number of pyridine rings is 2. The summed E-state index contributed by atoms with van der Waals surface area (Å²) in [6.07, 6.45) is 3.78. The van der Waals surface area contributed by atoms with Crippen molar-refractivity contribution in [2.24, 2.45) is 0 Å². The van der Waals surface area contributed by atoms with E-state index in [4.69, 9.17) is 24.8 Å². The van der Waals surface area contributed by atoms with Crippen LogP contribution in [-0.2, 0) is 28.8 Å². The van der Waals surface area contributed by atoms with Gasteiger partial charge in [0.2, 0.25) is 12.6 Å². The molecule has 1 aromatic carbocycles. The Morgan fingerprint density at radius 2 is 1.82 bits per heavy atom. The maximum absolute atomic E-state index is 11.0. The van der Waals surface area contributed by atoms with Gasteiger partial charge >= 0.3 is 37.4 Å². The van der Waals surface area contributed by atoms with Crippen molar-refractivity contribution < 1.29 is 62.3 Å². The summed E-state index contributed by atoms with van der Waals surface area (Å²) < 4.78 is 27.9. The van der Waals surface area contributed by atoms with Gasteiger partial charge in [0, 0.05) is 24.8 Å². The van der Waals surface area contributed by atoms with E-state index in [1.807, 2.05) is 42.5 Å². The molecular formula is C22H22N4NaO6P+2. The van der Waals surface area contributed by atoms with Crippen molar-refractivity contribution in [3.8, 4) is 17.2 Å². The van der Waals surface area contributed by atoms with Crippen LogP contribution in [0.1, 0.15) is 16.8 Å². The largest absolute Gasteiger partial charge is 1.00 e. The predicted molar refractivity (Wildman–Crippen MR) is 117 cm³/mol. The Morgan fingerprint density at radius 3 is 2.53 bits per heavy atom. The fourth-order valence-corrected chi connectivity index (χ4v) is 3.37. The number of phosphoric acid groups is 1. The standard InChI is InChI=1S/C22H21N4O6P.Na/c23-22-19(4-3-11-26(22)15-31-33(27,28)29)20-13-18(25-32-20)12-16-6-8-17(9-7-16)14-30-21-5-1-2-10-24-21;/h1-11,13,23H,12,14-15H2,(H2,27,28,29);/q;+1/p+1. The summed E-state index contributed by atoms with van der Waals surface area (Å²) in [6, 6.07) is 18.6. The van der Waals surface area contributed by atoms with Crippen LogP contribution in [0.5, 0.6) is 5.88 Å². The molecule has 4 aromatic rings. The van der Waals surface area contributed by atoms with Gasteiger partial charge in [-0.05, 0) is 29.3 Å². The Morgan fingerprint density at radius 1 is 1.06 bits per heavy atom. The molecule has 170 valence electrons. The van der Waals surface area contributed by atoms with Gasteiger partial charge in [0.05, 0.1) is 11.9 Å². The van der Waals surface area contributed by atoms with Crippen LogP contribution in [0.25, 0.3) is 11.3 Å². The third kappa shape index (κ3) is 7.22. The van der Waals surface area contributed by atoms with Crippen LogP contribution in [0.15, 0.2) is 77.6 Å². The predicted octanol–water partition coefficient (Wildman–Crippen LogP) is -0.153. The molecular weight excluding hydrogens is 470 g/mol. The molecule has 0 atom stereocenters. The molecule has 0 aliphatic rings. The zero-order valence-electron chi connectivity index (χ0n) is 18.4. The average Bonchev–Trinajstić information content (AvgIpc) is 3.26. The van der Waals surface area contributed by atoms with Crippen molar-refractivity contribution in [3.05, 3.63) is 89.9 Å². The Labute approximate surface area is 217 Å². The quantitative estimate of drug-likeness (QED) is 0.165. The zero-order valence-corrected chi connectivity index (χ0v) is 21.3. The first kappa shape index (κ1) is 26.1. The summed E-state index contributed by atoms with van der Waals surface area (Å²) in [5, 5.41) is 4.11. The minimum Gasteiger partial charge on any atom is -0.473 e. The van der Waals surface area contributed by atoms with E-state index in [9.17, 15) is 4.57 Å². The maximum atomic E-state index is 11.0. The van der Waals surface area contributed by atoms with E-state index < -0.39 is 14.6 Å². The maximum Gasteiger partial charge on any atom is 1.00 e. The minimum absolute atomic E-state index is 0. The zero-order chi connectivity index (χ0) is 23.3. The van der Waals surface area contributed by atoms with E-state index in [-0.39, 0.29) is 35.4 Å². The van der Waals surface area contributed by atoms with Gasteiger partial charge in [0.15, 0.2) is 5.76 Å². The molecule has 0 radical (unpaired) electrons. The van der Waals surface area contributed by atoms with Gasteiger partial charge in [-0.25, -0.2) is 18.6 Å². The molecule has 0 aliphatic heterocycles. The van der Waals surface area contributed by atoms with Crippen LogP contribution in [0.3, 0.4) is 0 Å². The SMILES string of the molecule is Nc1c(-c2cc(Cc3ccc(COc4ccccn4)cc3)no2)ccc[n+]1COP(=O)(O)O.[Na+]. The molecule has 12 heteroatoms. The fourth-order valence-electron chi connectivity index (χ4n) is 3.10. The summed E-state index contributed by atoms with van der Waals surface area (Å²) in [5.41, 5.74) is 9.43. The van der Waals surface area contributed by atoms with E-state index in [2.05, 4.69) is 14.7 Å². The molecule has 3 aromatic heterocycles. The minimum atomic E-state index is -4.62. The van der Waals surface area contributed by atoms with Gasteiger partial charge in [-0.1, -0.05) is 35.5 Å². The second-order valence-corrected chi connectivity index (χ2v) is 8.40. The molecule has 0 fully saturated rings. The third-order valence-corrected chi connectivity index (χ3v) is 5.19. The first-order valence-corrected chi connectivity index (χ1v) is 11.5. The molecule has 4 N–H and O–H groups in total. The summed E-state index contributed by atoms with van der Waals surface area (Å²) in [6.45, 7) is 0.0196. The van der Waals surface area contributed by atoms with Gasteiger partial charge < -0.3 is 19.0 Å². The number of hydrogen-bond donors (Lipinski definition) is 3. The molecule has 4 rings (SSSR count). The molecule has 0 unspecified atom stereocenters. The van der Waals surface area contributed by atoms with Gasteiger partial charge in [-0.2, -0.15) is 0 Å². The summed E-state index contributed by atoms with van der Waals surface area (Å²) in [7, 11) is -4.62. The number of nitrogens with two attached hydrogens (primary N) is 1.